The number of hydrogen-bond acceptors (Lipinski definition) is 5. The maximum Gasteiger partial charge on any atom is 0.267 e. The highest BCUT2D eigenvalue weighted by molar-refractivity contribution is 7.09. The second-order valence-corrected chi connectivity index (χ2v) is 8.42. The second-order valence-electron chi connectivity index (χ2n) is 7.47. The Morgan fingerprint density at radius 3 is 2.90 bits per heavy atom. The van der Waals surface area contributed by atoms with Crippen LogP contribution in [0.3, 0.4) is 0 Å². The van der Waals surface area contributed by atoms with Gasteiger partial charge in [-0.15, -0.1) is 11.3 Å². The van der Waals surface area contributed by atoms with Gasteiger partial charge in [0.1, 0.15) is 18.1 Å². The topological polar surface area (TPSA) is 51.7 Å². The molecule has 3 aromatic rings. The van der Waals surface area contributed by atoms with Crippen LogP contribution in [0.1, 0.15) is 30.8 Å². The number of benzene rings is 2. The monoisotopic (exact) mass is 422 g/mol. The van der Waals surface area contributed by atoms with Crippen LogP contribution in [0.5, 0.6) is 11.5 Å². The van der Waals surface area contributed by atoms with Crippen molar-refractivity contribution in [1.82, 2.24) is 4.98 Å². The number of aryl methyl sites for hydroxylation is 2. The van der Waals surface area contributed by atoms with Crippen LogP contribution in [0.15, 0.2) is 47.8 Å². The summed E-state index contributed by atoms with van der Waals surface area (Å²) in [7, 11) is 0. The van der Waals surface area contributed by atoms with Gasteiger partial charge in [0.25, 0.3) is 5.91 Å². The van der Waals surface area contributed by atoms with Gasteiger partial charge in [-0.25, -0.2) is 4.98 Å². The summed E-state index contributed by atoms with van der Waals surface area (Å²) >= 11 is 1.68. The predicted octanol–water partition coefficient (Wildman–Crippen LogP) is 5.26. The van der Waals surface area contributed by atoms with Crippen molar-refractivity contribution in [3.8, 4) is 22.8 Å². The van der Waals surface area contributed by atoms with E-state index < -0.39 is 6.10 Å². The van der Waals surface area contributed by atoms with Crippen molar-refractivity contribution < 1.29 is 14.3 Å². The smallest absolute Gasteiger partial charge is 0.267 e. The van der Waals surface area contributed by atoms with Crippen molar-refractivity contribution in [2.75, 3.05) is 18.1 Å². The number of anilines is 1. The summed E-state index contributed by atoms with van der Waals surface area (Å²) in [5.41, 5.74) is 3.84. The maximum atomic E-state index is 12.9. The fourth-order valence-corrected chi connectivity index (χ4v) is 4.44. The lowest BCUT2D eigenvalue weighted by Gasteiger charge is -2.33. The Balaban J connectivity index is 1.55. The summed E-state index contributed by atoms with van der Waals surface area (Å²) in [6.07, 6.45) is 1.54. The molecule has 2 aromatic carbocycles. The number of ether oxygens (including phenoxy) is 2. The molecule has 1 aliphatic rings. The molecule has 30 heavy (non-hydrogen) atoms. The van der Waals surface area contributed by atoms with E-state index in [1.807, 2.05) is 49.4 Å². The van der Waals surface area contributed by atoms with E-state index in [2.05, 4.69) is 12.3 Å². The highest BCUT2D eigenvalue weighted by Crippen LogP contribution is 2.37. The van der Waals surface area contributed by atoms with Crippen LogP contribution in [0.2, 0.25) is 0 Å². The molecule has 0 N–H and O–H groups in total. The Hall–Kier alpha value is -2.86. The molecule has 156 valence electrons. The van der Waals surface area contributed by atoms with Crippen molar-refractivity contribution in [2.45, 2.75) is 39.7 Å². The molecule has 0 aliphatic carbocycles. The molecule has 0 saturated carbocycles. The van der Waals surface area contributed by atoms with E-state index in [1.54, 1.807) is 23.2 Å². The number of fused-ring (bicyclic) bond motifs is 1. The number of carbonyl (C=O) groups excluding carboxylic acids is 1. The van der Waals surface area contributed by atoms with Gasteiger partial charge >= 0.3 is 0 Å². The first kappa shape index (κ1) is 20.4. The standard InChI is InChI=1S/C24H26N2O3S/c1-4-6-23-25-20(15-30-23)18-9-10-22-21(14-18)26(24(27)17(3)29-22)11-12-28-19-8-5-7-16(2)13-19/h5,7-10,13-15,17H,4,6,11-12H2,1-3H3. The lowest BCUT2D eigenvalue weighted by Crippen LogP contribution is -2.46. The zero-order chi connectivity index (χ0) is 21.1. The molecule has 5 nitrogen and oxygen atoms in total. The summed E-state index contributed by atoms with van der Waals surface area (Å²) < 4.78 is 11.7. The predicted molar refractivity (Wildman–Crippen MR) is 121 cm³/mol. The van der Waals surface area contributed by atoms with E-state index in [9.17, 15) is 4.79 Å². The van der Waals surface area contributed by atoms with Gasteiger partial charge in [-0.3, -0.25) is 4.79 Å². The van der Waals surface area contributed by atoms with Gasteiger partial charge in [0.15, 0.2) is 6.10 Å². The number of hydrogen-bond donors (Lipinski definition) is 0. The van der Waals surface area contributed by atoms with Gasteiger partial charge in [0.2, 0.25) is 0 Å². The van der Waals surface area contributed by atoms with E-state index >= 15 is 0 Å². The van der Waals surface area contributed by atoms with Crippen molar-refractivity contribution in [1.29, 1.82) is 0 Å². The third-order valence-electron chi connectivity index (χ3n) is 5.05. The molecule has 2 heterocycles. The molecule has 1 unspecified atom stereocenters. The molecule has 0 radical (unpaired) electrons. The van der Waals surface area contributed by atoms with Crippen LogP contribution in [-0.2, 0) is 11.2 Å². The Bertz CT molecular complexity index is 1050. The first-order chi connectivity index (χ1) is 14.5. The van der Waals surface area contributed by atoms with Crippen LogP contribution in [-0.4, -0.2) is 30.1 Å². The van der Waals surface area contributed by atoms with Crippen LogP contribution < -0.4 is 14.4 Å². The van der Waals surface area contributed by atoms with Crippen molar-refractivity contribution in [3.63, 3.8) is 0 Å². The van der Waals surface area contributed by atoms with Gasteiger partial charge in [0.05, 0.1) is 22.9 Å². The molecule has 0 bridgehead atoms. The summed E-state index contributed by atoms with van der Waals surface area (Å²) in [6, 6.07) is 13.9. The lowest BCUT2D eigenvalue weighted by atomic mass is 10.1. The summed E-state index contributed by atoms with van der Waals surface area (Å²) in [4.78, 5) is 19.4. The fourth-order valence-electron chi connectivity index (χ4n) is 3.53. The summed E-state index contributed by atoms with van der Waals surface area (Å²) in [5, 5.41) is 3.21. The fraction of sp³-hybridized carbons (Fsp3) is 0.333. The van der Waals surface area contributed by atoms with Crippen molar-refractivity contribution in [2.24, 2.45) is 0 Å². The molecule has 4 rings (SSSR count). The Morgan fingerprint density at radius 2 is 2.10 bits per heavy atom. The number of carbonyl (C=O) groups is 1. The van der Waals surface area contributed by atoms with Crippen LogP contribution in [0.4, 0.5) is 5.69 Å². The SMILES string of the molecule is CCCc1nc(-c2ccc3c(c2)N(CCOc2cccc(C)c2)C(=O)C(C)O3)cs1. The largest absolute Gasteiger partial charge is 0.492 e. The summed E-state index contributed by atoms with van der Waals surface area (Å²) in [6.45, 7) is 6.83. The van der Waals surface area contributed by atoms with Crippen molar-refractivity contribution >= 4 is 22.9 Å². The quantitative estimate of drug-likeness (QED) is 0.521. The van der Waals surface area contributed by atoms with Crippen LogP contribution in [0, 0.1) is 6.92 Å². The third kappa shape index (κ3) is 4.33. The minimum absolute atomic E-state index is 0.0579. The Labute approximate surface area is 181 Å². The zero-order valence-electron chi connectivity index (χ0n) is 17.6. The minimum Gasteiger partial charge on any atom is -0.492 e. The van der Waals surface area contributed by atoms with E-state index in [0.717, 1.165) is 46.1 Å². The number of rotatable bonds is 7. The highest BCUT2D eigenvalue weighted by Gasteiger charge is 2.31. The maximum absolute atomic E-state index is 12.9. The molecule has 6 heteroatoms. The average molecular weight is 423 g/mol. The molecule has 1 aliphatic heterocycles. The first-order valence-corrected chi connectivity index (χ1v) is 11.2. The zero-order valence-corrected chi connectivity index (χ0v) is 18.4. The Morgan fingerprint density at radius 1 is 1.23 bits per heavy atom. The lowest BCUT2D eigenvalue weighted by molar-refractivity contribution is -0.125. The van der Waals surface area contributed by atoms with Gasteiger partial charge in [0, 0.05) is 10.9 Å². The molecule has 0 spiro atoms. The number of thiazole rings is 1. The van der Waals surface area contributed by atoms with Crippen LogP contribution >= 0.6 is 11.3 Å². The van der Waals surface area contributed by atoms with E-state index in [1.165, 1.54) is 0 Å². The second kappa shape index (κ2) is 8.88. The molecule has 0 saturated heterocycles. The third-order valence-corrected chi connectivity index (χ3v) is 5.96. The number of aromatic nitrogens is 1. The average Bonchev–Trinajstić information content (AvgIpc) is 3.20. The molecule has 1 atom stereocenters. The van der Waals surface area contributed by atoms with Gasteiger partial charge in [-0.1, -0.05) is 19.1 Å². The molecular weight excluding hydrogens is 396 g/mol. The van der Waals surface area contributed by atoms with Gasteiger partial charge in [-0.2, -0.15) is 0 Å². The number of nitrogens with zero attached hydrogens (tertiary/aromatic N) is 2. The first-order valence-electron chi connectivity index (χ1n) is 10.3. The Kier molecular flexibility index (Phi) is 6.04. The van der Waals surface area contributed by atoms with E-state index in [4.69, 9.17) is 14.5 Å². The molecule has 1 aromatic heterocycles. The van der Waals surface area contributed by atoms with E-state index in [-0.39, 0.29) is 5.91 Å². The van der Waals surface area contributed by atoms with Gasteiger partial charge in [-0.05, 0) is 62.6 Å². The molecule has 0 fully saturated rings. The molecule has 1 amide bonds. The number of amides is 1. The highest BCUT2D eigenvalue weighted by atomic mass is 32.1. The van der Waals surface area contributed by atoms with Crippen molar-refractivity contribution in [3.05, 3.63) is 58.4 Å². The summed E-state index contributed by atoms with van der Waals surface area (Å²) in [5.74, 6) is 1.46. The normalized spacial score (nSPS) is 15.6. The van der Waals surface area contributed by atoms with E-state index in [0.29, 0.717) is 18.9 Å². The van der Waals surface area contributed by atoms with Gasteiger partial charge < -0.3 is 14.4 Å². The van der Waals surface area contributed by atoms with Crippen LogP contribution in [0.25, 0.3) is 11.3 Å². The molecular formula is C24H26N2O3S. The minimum atomic E-state index is -0.516.